The number of fused-ring (bicyclic) bond motifs is 1. The lowest BCUT2D eigenvalue weighted by Crippen LogP contribution is -2.53. The Morgan fingerprint density at radius 3 is 2.53 bits per heavy atom. The topological polar surface area (TPSA) is 102 Å². The highest BCUT2D eigenvalue weighted by Gasteiger charge is 2.26. The van der Waals surface area contributed by atoms with Crippen LogP contribution >= 0.6 is 0 Å². The molecular formula is C26H31N7O. The van der Waals surface area contributed by atoms with Crippen LogP contribution in [0.2, 0.25) is 0 Å². The summed E-state index contributed by atoms with van der Waals surface area (Å²) in [6.45, 7) is 7.19. The fourth-order valence-electron chi connectivity index (χ4n) is 4.38. The Kier molecular flexibility index (Phi) is 6.42. The molecular weight excluding hydrogens is 426 g/mol. The summed E-state index contributed by atoms with van der Waals surface area (Å²) in [5.41, 5.74) is 6.11. The summed E-state index contributed by atoms with van der Waals surface area (Å²) in [4.78, 5) is 11.8. The van der Waals surface area contributed by atoms with Crippen molar-refractivity contribution in [3.8, 4) is 11.1 Å². The SMILES string of the molecule is CC(C)c1[nH]nc2c(NCc3ccc(-c4ccccc4)cc3)nc(N3CCNC[C@H]3CO)nc12. The van der Waals surface area contributed by atoms with Crippen molar-refractivity contribution >= 4 is 22.8 Å². The predicted octanol–water partition coefficient (Wildman–Crippen LogP) is 3.53. The minimum atomic E-state index is -0.0565. The van der Waals surface area contributed by atoms with Gasteiger partial charge < -0.3 is 20.6 Å². The summed E-state index contributed by atoms with van der Waals surface area (Å²) in [5.74, 6) is 1.58. The second kappa shape index (κ2) is 9.79. The van der Waals surface area contributed by atoms with Crippen LogP contribution in [0.25, 0.3) is 22.2 Å². The molecule has 34 heavy (non-hydrogen) atoms. The van der Waals surface area contributed by atoms with Gasteiger partial charge in [-0.05, 0) is 22.6 Å². The zero-order valence-electron chi connectivity index (χ0n) is 19.6. The second-order valence-corrected chi connectivity index (χ2v) is 9.01. The number of anilines is 2. The molecule has 1 atom stereocenters. The van der Waals surface area contributed by atoms with Crippen LogP contribution in [-0.4, -0.2) is 57.6 Å². The van der Waals surface area contributed by atoms with Crippen molar-refractivity contribution in [2.75, 3.05) is 36.5 Å². The van der Waals surface area contributed by atoms with Crippen molar-refractivity contribution in [3.05, 3.63) is 65.9 Å². The highest BCUT2D eigenvalue weighted by atomic mass is 16.3. The fourth-order valence-corrected chi connectivity index (χ4v) is 4.38. The summed E-state index contributed by atoms with van der Waals surface area (Å²) in [7, 11) is 0. The minimum absolute atomic E-state index is 0.0490. The summed E-state index contributed by atoms with van der Waals surface area (Å²) >= 11 is 0. The first kappa shape index (κ1) is 22.3. The van der Waals surface area contributed by atoms with Gasteiger partial charge in [-0.1, -0.05) is 68.4 Å². The van der Waals surface area contributed by atoms with Crippen LogP contribution < -0.4 is 15.5 Å². The van der Waals surface area contributed by atoms with Gasteiger partial charge in [0.2, 0.25) is 5.95 Å². The molecule has 8 heteroatoms. The number of aromatic nitrogens is 4. The number of hydrogen-bond donors (Lipinski definition) is 4. The number of rotatable bonds is 7. The van der Waals surface area contributed by atoms with Gasteiger partial charge in [0.05, 0.1) is 18.3 Å². The predicted molar refractivity (Wildman–Crippen MR) is 136 cm³/mol. The Bertz CT molecular complexity index is 1240. The van der Waals surface area contributed by atoms with Gasteiger partial charge in [0, 0.05) is 26.2 Å². The van der Waals surface area contributed by atoms with Gasteiger partial charge in [0.15, 0.2) is 11.3 Å². The number of H-pyrrole nitrogens is 1. The number of aromatic amines is 1. The number of nitrogens with zero attached hydrogens (tertiary/aromatic N) is 4. The standard InChI is InChI=1S/C26H31N7O/c1-17(2)22-23-24(32-31-22)25(30-26(29-23)33-13-12-27-15-21(33)16-34)28-14-18-8-10-20(11-9-18)19-6-4-3-5-7-19/h3-11,17,21,27,34H,12-16H2,1-2H3,(H,31,32)(H,28,29,30)/t21-/m0/s1. The van der Waals surface area contributed by atoms with E-state index in [1.807, 2.05) is 6.07 Å². The summed E-state index contributed by atoms with van der Waals surface area (Å²) in [6, 6.07) is 18.9. The van der Waals surface area contributed by atoms with Crippen LogP contribution in [0.15, 0.2) is 54.6 Å². The zero-order chi connectivity index (χ0) is 23.5. The van der Waals surface area contributed by atoms with Crippen molar-refractivity contribution in [2.24, 2.45) is 0 Å². The first-order valence-electron chi connectivity index (χ1n) is 11.9. The van der Waals surface area contributed by atoms with E-state index in [1.54, 1.807) is 0 Å². The van der Waals surface area contributed by atoms with E-state index in [1.165, 1.54) is 11.1 Å². The maximum absolute atomic E-state index is 9.89. The van der Waals surface area contributed by atoms with E-state index in [0.717, 1.165) is 35.4 Å². The van der Waals surface area contributed by atoms with E-state index in [4.69, 9.17) is 9.97 Å². The highest BCUT2D eigenvalue weighted by molar-refractivity contribution is 5.88. The molecule has 2 aromatic carbocycles. The quantitative estimate of drug-likeness (QED) is 0.337. The van der Waals surface area contributed by atoms with Gasteiger partial charge in [0.1, 0.15) is 5.52 Å². The fraction of sp³-hybridized carbons (Fsp3) is 0.346. The van der Waals surface area contributed by atoms with Crippen molar-refractivity contribution < 1.29 is 5.11 Å². The third-order valence-corrected chi connectivity index (χ3v) is 6.33. The lowest BCUT2D eigenvalue weighted by atomic mass is 10.0. The minimum Gasteiger partial charge on any atom is -0.394 e. The van der Waals surface area contributed by atoms with Crippen LogP contribution in [0.3, 0.4) is 0 Å². The lowest BCUT2D eigenvalue weighted by Gasteiger charge is -2.35. The molecule has 0 spiro atoms. The first-order chi connectivity index (χ1) is 16.6. The van der Waals surface area contributed by atoms with Gasteiger partial charge in [-0.15, -0.1) is 0 Å². The monoisotopic (exact) mass is 457 g/mol. The van der Waals surface area contributed by atoms with Gasteiger partial charge in [0.25, 0.3) is 0 Å². The number of benzene rings is 2. The molecule has 4 N–H and O–H groups in total. The van der Waals surface area contributed by atoms with Crippen molar-refractivity contribution in [2.45, 2.75) is 32.4 Å². The average Bonchev–Trinajstić information content (AvgIpc) is 3.32. The van der Waals surface area contributed by atoms with Crippen LogP contribution in [-0.2, 0) is 6.54 Å². The number of nitrogens with one attached hydrogen (secondary N) is 3. The largest absolute Gasteiger partial charge is 0.394 e. The van der Waals surface area contributed by atoms with E-state index < -0.39 is 0 Å². The van der Waals surface area contributed by atoms with Gasteiger partial charge >= 0.3 is 0 Å². The van der Waals surface area contributed by atoms with E-state index in [-0.39, 0.29) is 18.6 Å². The molecule has 176 valence electrons. The number of piperazine rings is 1. The molecule has 1 saturated heterocycles. The molecule has 0 bridgehead atoms. The molecule has 0 amide bonds. The van der Waals surface area contributed by atoms with E-state index in [0.29, 0.717) is 24.9 Å². The van der Waals surface area contributed by atoms with Gasteiger partial charge in [-0.3, -0.25) is 5.10 Å². The first-order valence-corrected chi connectivity index (χ1v) is 11.9. The van der Waals surface area contributed by atoms with Gasteiger partial charge in [-0.25, -0.2) is 4.98 Å². The number of hydrogen-bond acceptors (Lipinski definition) is 7. The van der Waals surface area contributed by atoms with Crippen molar-refractivity contribution in [1.82, 2.24) is 25.5 Å². The van der Waals surface area contributed by atoms with Crippen molar-refractivity contribution in [1.29, 1.82) is 0 Å². The molecule has 1 fully saturated rings. The molecule has 0 saturated carbocycles. The molecule has 1 aliphatic heterocycles. The number of aliphatic hydroxyl groups excluding tert-OH is 1. The van der Waals surface area contributed by atoms with E-state index in [2.05, 4.69) is 88.1 Å². The normalized spacial score (nSPS) is 16.4. The Balaban J connectivity index is 1.44. The van der Waals surface area contributed by atoms with E-state index in [9.17, 15) is 5.11 Å². The van der Waals surface area contributed by atoms with Crippen LogP contribution in [0.1, 0.15) is 31.0 Å². The molecule has 1 aliphatic rings. The zero-order valence-corrected chi connectivity index (χ0v) is 19.6. The van der Waals surface area contributed by atoms with Crippen LogP contribution in [0, 0.1) is 0 Å². The molecule has 5 rings (SSSR count). The second-order valence-electron chi connectivity index (χ2n) is 9.01. The molecule has 0 aliphatic carbocycles. The van der Waals surface area contributed by atoms with Crippen molar-refractivity contribution in [3.63, 3.8) is 0 Å². The molecule has 4 aromatic rings. The summed E-state index contributed by atoms with van der Waals surface area (Å²) in [5, 5.41) is 24.4. The lowest BCUT2D eigenvalue weighted by molar-refractivity contribution is 0.245. The average molecular weight is 458 g/mol. The Morgan fingerprint density at radius 2 is 1.79 bits per heavy atom. The Hall–Kier alpha value is -3.49. The Morgan fingerprint density at radius 1 is 1.03 bits per heavy atom. The third-order valence-electron chi connectivity index (χ3n) is 6.33. The smallest absolute Gasteiger partial charge is 0.228 e. The molecule has 8 nitrogen and oxygen atoms in total. The molecule has 0 radical (unpaired) electrons. The van der Waals surface area contributed by atoms with Crippen LogP contribution in [0.4, 0.5) is 11.8 Å². The molecule has 2 aromatic heterocycles. The number of aliphatic hydroxyl groups is 1. The van der Waals surface area contributed by atoms with Crippen LogP contribution in [0.5, 0.6) is 0 Å². The van der Waals surface area contributed by atoms with Gasteiger partial charge in [-0.2, -0.15) is 10.1 Å². The maximum atomic E-state index is 9.89. The summed E-state index contributed by atoms with van der Waals surface area (Å²) < 4.78 is 0. The van der Waals surface area contributed by atoms with E-state index >= 15 is 0 Å². The Labute approximate surface area is 199 Å². The third kappa shape index (κ3) is 4.47. The summed E-state index contributed by atoms with van der Waals surface area (Å²) in [6.07, 6.45) is 0. The molecule has 0 unspecified atom stereocenters. The highest BCUT2D eigenvalue weighted by Crippen LogP contribution is 2.29. The maximum Gasteiger partial charge on any atom is 0.228 e. The molecule has 3 heterocycles.